The molecule has 0 bridgehead atoms. The number of fused-ring (bicyclic) bond motifs is 1. The topological polar surface area (TPSA) is 40.5 Å². The van der Waals surface area contributed by atoms with E-state index < -0.39 is 11.7 Å². The zero-order valence-electron chi connectivity index (χ0n) is 11.0. The molecule has 1 radical (unpaired) electrons. The molecule has 0 fully saturated rings. The molecule has 4 nitrogen and oxygen atoms in total. The maximum atomic E-state index is 12.0. The fraction of sp³-hybridized carbons (Fsp3) is 0.357. The van der Waals surface area contributed by atoms with Crippen LogP contribution in [-0.4, -0.2) is 23.4 Å². The van der Waals surface area contributed by atoms with Crippen molar-refractivity contribution in [1.29, 1.82) is 0 Å². The van der Waals surface area contributed by atoms with Crippen molar-refractivity contribution in [1.82, 2.24) is 4.57 Å². The van der Waals surface area contributed by atoms with Crippen LogP contribution in [0.25, 0.3) is 10.9 Å². The average molecular weight is 246 g/mol. The van der Waals surface area contributed by atoms with Gasteiger partial charge in [0.2, 0.25) is 0 Å². The molecule has 4 heteroatoms. The van der Waals surface area contributed by atoms with E-state index in [1.54, 1.807) is 19.4 Å². The van der Waals surface area contributed by atoms with Gasteiger partial charge in [0.15, 0.2) is 0 Å². The first kappa shape index (κ1) is 12.5. The van der Waals surface area contributed by atoms with Gasteiger partial charge in [0, 0.05) is 23.7 Å². The standard InChI is InChI=1S/C14H16NO3/c1-14(2,3)18-13(16)15-8-7-10-5-6-11(17-4)9-12(10)15/h5-6,8-9H,1-4H3. The summed E-state index contributed by atoms with van der Waals surface area (Å²) in [5.74, 6) is 0.694. The highest BCUT2D eigenvalue weighted by atomic mass is 16.6. The Hall–Kier alpha value is -1.97. The van der Waals surface area contributed by atoms with Crippen molar-refractivity contribution < 1.29 is 14.3 Å². The second-order valence-corrected chi connectivity index (χ2v) is 5.01. The fourth-order valence-corrected chi connectivity index (χ4v) is 1.63. The zero-order chi connectivity index (χ0) is 13.3. The van der Waals surface area contributed by atoms with Gasteiger partial charge < -0.3 is 9.47 Å². The largest absolute Gasteiger partial charge is 0.497 e. The van der Waals surface area contributed by atoms with Crippen molar-refractivity contribution >= 4 is 17.0 Å². The normalized spacial score (nSPS) is 11.6. The van der Waals surface area contributed by atoms with Gasteiger partial charge >= 0.3 is 6.09 Å². The van der Waals surface area contributed by atoms with Gasteiger partial charge in [-0.15, -0.1) is 0 Å². The number of aromatic nitrogens is 1. The minimum absolute atomic E-state index is 0.415. The maximum Gasteiger partial charge on any atom is 0.419 e. The van der Waals surface area contributed by atoms with Crippen LogP contribution in [0.1, 0.15) is 20.8 Å². The van der Waals surface area contributed by atoms with Gasteiger partial charge in [0.1, 0.15) is 11.4 Å². The van der Waals surface area contributed by atoms with Gasteiger partial charge in [-0.2, -0.15) is 0 Å². The molecular weight excluding hydrogens is 230 g/mol. The van der Waals surface area contributed by atoms with Crippen LogP contribution >= 0.6 is 0 Å². The van der Waals surface area contributed by atoms with Crippen molar-refractivity contribution in [2.45, 2.75) is 26.4 Å². The fourth-order valence-electron chi connectivity index (χ4n) is 1.63. The van der Waals surface area contributed by atoms with Gasteiger partial charge in [-0.1, -0.05) is 0 Å². The van der Waals surface area contributed by atoms with E-state index in [-0.39, 0.29) is 0 Å². The highest BCUT2D eigenvalue weighted by molar-refractivity contribution is 5.89. The minimum Gasteiger partial charge on any atom is -0.497 e. The Morgan fingerprint density at radius 2 is 2.06 bits per heavy atom. The minimum atomic E-state index is -0.521. The number of methoxy groups -OCH3 is 1. The molecule has 0 aliphatic rings. The molecule has 0 spiro atoms. The lowest BCUT2D eigenvalue weighted by molar-refractivity contribution is 0.0544. The van der Waals surface area contributed by atoms with Gasteiger partial charge in [-0.25, -0.2) is 4.79 Å². The molecule has 0 N–H and O–H groups in total. The molecule has 0 saturated carbocycles. The summed E-state index contributed by atoms with van der Waals surface area (Å²) in [7, 11) is 1.59. The van der Waals surface area contributed by atoms with E-state index in [9.17, 15) is 4.79 Å². The summed E-state index contributed by atoms with van der Waals surface area (Å²) in [4.78, 5) is 12.0. The van der Waals surface area contributed by atoms with Crippen LogP contribution in [-0.2, 0) is 4.74 Å². The summed E-state index contributed by atoms with van der Waals surface area (Å²) in [6, 6.07) is 8.49. The van der Waals surface area contributed by atoms with Crippen LogP contribution in [0.3, 0.4) is 0 Å². The van der Waals surface area contributed by atoms with E-state index in [0.29, 0.717) is 5.75 Å². The molecule has 2 aromatic rings. The van der Waals surface area contributed by atoms with Crippen molar-refractivity contribution in [3.63, 3.8) is 0 Å². The molecule has 0 saturated heterocycles. The van der Waals surface area contributed by atoms with Gasteiger partial charge in [0.25, 0.3) is 0 Å². The van der Waals surface area contributed by atoms with Crippen LogP contribution in [0.2, 0.25) is 0 Å². The Bertz CT molecular complexity index is 578. The third-order valence-corrected chi connectivity index (χ3v) is 2.40. The lowest BCUT2D eigenvalue weighted by Crippen LogP contribution is -2.26. The summed E-state index contributed by atoms with van der Waals surface area (Å²) in [5, 5.41) is 0.849. The quantitative estimate of drug-likeness (QED) is 0.775. The van der Waals surface area contributed by atoms with E-state index in [1.165, 1.54) is 4.57 Å². The first-order valence-corrected chi connectivity index (χ1v) is 5.71. The van der Waals surface area contributed by atoms with Crippen LogP contribution in [0.15, 0.2) is 24.4 Å². The summed E-state index contributed by atoms with van der Waals surface area (Å²) in [6.45, 7) is 5.50. The van der Waals surface area contributed by atoms with Crippen LogP contribution < -0.4 is 4.74 Å². The first-order valence-electron chi connectivity index (χ1n) is 5.71. The van der Waals surface area contributed by atoms with E-state index in [4.69, 9.17) is 9.47 Å². The van der Waals surface area contributed by atoms with Crippen molar-refractivity contribution in [3.05, 3.63) is 30.5 Å². The van der Waals surface area contributed by atoms with E-state index in [0.717, 1.165) is 10.9 Å². The third-order valence-electron chi connectivity index (χ3n) is 2.40. The Balaban J connectivity index is 2.42. The second kappa shape index (κ2) is 4.37. The Kier molecular flexibility index (Phi) is 3.03. The summed E-state index contributed by atoms with van der Waals surface area (Å²) in [5.41, 5.74) is 0.204. The van der Waals surface area contributed by atoms with E-state index in [2.05, 4.69) is 6.07 Å². The molecule has 0 atom stereocenters. The molecule has 2 rings (SSSR count). The molecule has 95 valence electrons. The lowest BCUT2D eigenvalue weighted by atomic mass is 10.2. The summed E-state index contributed by atoms with van der Waals surface area (Å²) >= 11 is 0. The number of carbonyl (C=O) groups is 1. The molecule has 1 heterocycles. The monoisotopic (exact) mass is 246 g/mol. The van der Waals surface area contributed by atoms with Crippen molar-refractivity contribution in [3.8, 4) is 5.75 Å². The molecule has 0 unspecified atom stereocenters. The highest BCUT2D eigenvalue weighted by Gasteiger charge is 2.19. The van der Waals surface area contributed by atoms with Crippen LogP contribution in [0, 0.1) is 6.07 Å². The van der Waals surface area contributed by atoms with Crippen LogP contribution in [0.4, 0.5) is 4.79 Å². The van der Waals surface area contributed by atoms with Crippen LogP contribution in [0.5, 0.6) is 5.75 Å². The van der Waals surface area contributed by atoms with Gasteiger partial charge in [0.05, 0.1) is 12.6 Å². The summed E-state index contributed by atoms with van der Waals surface area (Å²) < 4.78 is 11.9. The second-order valence-electron chi connectivity index (χ2n) is 5.01. The molecule has 0 amide bonds. The zero-order valence-corrected chi connectivity index (χ0v) is 11.0. The predicted octanol–water partition coefficient (Wildman–Crippen LogP) is 3.23. The number of nitrogens with zero attached hydrogens (tertiary/aromatic N) is 1. The average Bonchev–Trinajstić information content (AvgIpc) is 2.69. The SMILES string of the molecule is COc1ccc2[c]cn(C(=O)OC(C)(C)C)c2c1. The Labute approximate surface area is 106 Å². The smallest absolute Gasteiger partial charge is 0.419 e. The maximum absolute atomic E-state index is 12.0. The molecule has 1 aromatic carbocycles. The Morgan fingerprint density at radius 1 is 1.33 bits per heavy atom. The van der Waals surface area contributed by atoms with Crippen molar-refractivity contribution in [2.24, 2.45) is 0 Å². The predicted molar refractivity (Wildman–Crippen MR) is 69.0 cm³/mol. The number of benzene rings is 1. The number of carbonyl (C=O) groups excluding carboxylic acids is 1. The van der Waals surface area contributed by atoms with E-state index >= 15 is 0 Å². The Morgan fingerprint density at radius 3 is 2.67 bits per heavy atom. The third kappa shape index (κ3) is 2.47. The molecule has 18 heavy (non-hydrogen) atoms. The molecular formula is C14H16NO3. The number of rotatable bonds is 1. The van der Waals surface area contributed by atoms with Crippen molar-refractivity contribution in [2.75, 3.05) is 7.11 Å². The van der Waals surface area contributed by atoms with Gasteiger partial charge in [-0.3, -0.25) is 4.57 Å². The van der Waals surface area contributed by atoms with E-state index in [1.807, 2.05) is 32.9 Å². The highest BCUT2D eigenvalue weighted by Crippen LogP contribution is 2.22. The molecule has 0 aliphatic carbocycles. The number of ether oxygens (including phenoxy) is 2. The summed E-state index contributed by atoms with van der Waals surface area (Å²) in [6.07, 6.45) is 1.17. The van der Waals surface area contributed by atoms with Gasteiger partial charge in [-0.05, 0) is 32.9 Å². The lowest BCUT2D eigenvalue weighted by Gasteiger charge is -2.19. The molecule has 1 aromatic heterocycles. The molecule has 0 aliphatic heterocycles. The first-order chi connectivity index (χ1) is 8.40. The number of hydrogen-bond acceptors (Lipinski definition) is 3. The number of hydrogen-bond donors (Lipinski definition) is 0.